The third-order valence-electron chi connectivity index (χ3n) is 1.68. The molecule has 0 saturated heterocycles. The molecular formula is C11H13Br. The van der Waals surface area contributed by atoms with Gasteiger partial charge in [-0.25, -0.2) is 0 Å². The Bertz CT molecular complexity index is 280. The van der Waals surface area contributed by atoms with Crippen molar-refractivity contribution in [2.24, 2.45) is 0 Å². The highest BCUT2D eigenvalue weighted by atomic mass is 79.9. The highest BCUT2D eigenvalue weighted by Gasteiger charge is 1.96. The Morgan fingerprint density at radius 1 is 1.25 bits per heavy atom. The van der Waals surface area contributed by atoms with E-state index in [1.54, 1.807) is 0 Å². The van der Waals surface area contributed by atoms with Crippen LogP contribution in [0.4, 0.5) is 0 Å². The number of hydrogen-bond donors (Lipinski definition) is 0. The van der Waals surface area contributed by atoms with Crippen LogP contribution in [0.1, 0.15) is 16.7 Å². The van der Waals surface area contributed by atoms with Crippen molar-refractivity contribution in [2.45, 2.75) is 20.3 Å². The first-order valence-corrected chi connectivity index (χ1v) is 4.77. The summed E-state index contributed by atoms with van der Waals surface area (Å²) in [6, 6.07) is 6.57. The quantitative estimate of drug-likeness (QED) is 0.718. The number of aryl methyl sites for hydroxylation is 2. The van der Waals surface area contributed by atoms with Gasteiger partial charge in [-0.2, -0.15) is 0 Å². The second-order valence-corrected chi connectivity index (χ2v) is 4.31. The van der Waals surface area contributed by atoms with Crippen molar-refractivity contribution >= 4 is 15.9 Å². The molecule has 0 aromatic heterocycles. The average Bonchev–Trinajstić information content (AvgIpc) is 1.81. The fourth-order valence-electron chi connectivity index (χ4n) is 1.39. The van der Waals surface area contributed by atoms with E-state index in [4.69, 9.17) is 0 Å². The van der Waals surface area contributed by atoms with Crippen LogP contribution in [0.5, 0.6) is 0 Å². The Balaban J connectivity index is 2.93. The maximum Gasteiger partial charge on any atom is 0.00349 e. The van der Waals surface area contributed by atoms with Crippen molar-refractivity contribution in [1.29, 1.82) is 0 Å². The van der Waals surface area contributed by atoms with E-state index >= 15 is 0 Å². The summed E-state index contributed by atoms with van der Waals surface area (Å²) in [6.07, 6.45) is 0.919. The first-order chi connectivity index (χ1) is 5.58. The van der Waals surface area contributed by atoms with Crippen molar-refractivity contribution in [3.63, 3.8) is 0 Å². The highest BCUT2D eigenvalue weighted by molar-refractivity contribution is 9.11. The monoisotopic (exact) mass is 224 g/mol. The molecule has 0 radical (unpaired) electrons. The van der Waals surface area contributed by atoms with Crippen LogP contribution in [0.3, 0.4) is 0 Å². The van der Waals surface area contributed by atoms with Gasteiger partial charge < -0.3 is 0 Å². The molecule has 1 aromatic carbocycles. The minimum atomic E-state index is 0.919. The average molecular weight is 225 g/mol. The molecular weight excluding hydrogens is 212 g/mol. The lowest BCUT2D eigenvalue weighted by Gasteiger charge is -2.03. The van der Waals surface area contributed by atoms with E-state index in [-0.39, 0.29) is 0 Å². The van der Waals surface area contributed by atoms with Gasteiger partial charge in [-0.15, -0.1) is 0 Å². The lowest BCUT2D eigenvalue weighted by Crippen LogP contribution is -1.86. The van der Waals surface area contributed by atoms with Crippen LogP contribution in [0.2, 0.25) is 0 Å². The Morgan fingerprint density at radius 3 is 2.17 bits per heavy atom. The SMILES string of the molecule is C=C(Br)Cc1cc(C)cc(C)c1. The molecule has 0 aliphatic carbocycles. The van der Waals surface area contributed by atoms with Crippen molar-refractivity contribution < 1.29 is 0 Å². The molecule has 0 spiro atoms. The zero-order valence-electron chi connectivity index (χ0n) is 7.52. The van der Waals surface area contributed by atoms with E-state index in [0.29, 0.717) is 0 Å². The van der Waals surface area contributed by atoms with Gasteiger partial charge in [0.25, 0.3) is 0 Å². The van der Waals surface area contributed by atoms with Gasteiger partial charge in [0.2, 0.25) is 0 Å². The highest BCUT2D eigenvalue weighted by Crippen LogP contribution is 2.14. The first kappa shape index (κ1) is 9.53. The fourth-order valence-corrected chi connectivity index (χ4v) is 1.72. The van der Waals surface area contributed by atoms with Crippen LogP contribution in [0.15, 0.2) is 29.3 Å². The summed E-state index contributed by atoms with van der Waals surface area (Å²) in [5, 5.41) is 0. The summed E-state index contributed by atoms with van der Waals surface area (Å²) in [5.41, 5.74) is 3.96. The van der Waals surface area contributed by atoms with E-state index in [2.05, 4.69) is 54.6 Å². The van der Waals surface area contributed by atoms with E-state index in [1.807, 2.05) is 0 Å². The minimum absolute atomic E-state index is 0.919. The largest absolute Gasteiger partial charge is 0.0885 e. The van der Waals surface area contributed by atoms with Gasteiger partial charge in [-0.05, 0) is 23.9 Å². The van der Waals surface area contributed by atoms with Gasteiger partial charge in [0.1, 0.15) is 0 Å². The van der Waals surface area contributed by atoms with Gasteiger partial charge in [0.05, 0.1) is 0 Å². The molecule has 0 unspecified atom stereocenters. The number of benzene rings is 1. The molecule has 0 atom stereocenters. The molecule has 0 fully saturated rings. The second kappa shape index (κ2) is 3.90. The lowest BCUT2D eigenvalue weighted by molar-refractivity contribution is 1.22. The Labute approximate surface area is 82.4 Å². The molecule has 0 nitrogen and oxygen atoms in total. The van der Waals surface area contributed by atoms with Gasteiger partial charge in [-0.1, -0.05) is 51.8 Å². The summed E-state index contributed by atoms with van der Waals surface area (Å²) in [4.78, 5) is 0. The molecule has 1 aromatic rings. The standard InChI is InChI=1S/C11H13Br/c1-8-4-9(2)6-11(5-8)7-10(3)12/h4-6H,3,7H2,1-2H3. The Hall–Kier alpha value is -0.560. The van der Waals surface area contributed by atoms with Gasteiger partial charge in [0.15, 0.2) is 0 Å². The van der Waals surface area contributed by atoms with Crippen LogP contribution < -0.4 is 0 Å². The van der Waals surface area contributed by atoms with Crippen LogP contribution in [0, 0.1) is 13.8 Å². The second-order valence-electron chi connectivity index (χ2n) is 3.19. The normalized spacial score (nSPS) is 9.92. The van der Waals surface area contributed by atoms with Crippen molar-refractivity contribution in [1.82, 2.24) is 0 Å². The predicted molar refractivity (Wildman–Crippen MR) is 57.7 cm³/mol. The maximum atomic E-state index is 3.83. The zero-order valence-corrected chi connectivity index (χ0v) is 9.11. The van der Waals surface area contributed by atoms with Crippen molar-refractivity contribution in [3.05, 3.63) is 46.0 Å². The predicted octanol–water partition coefficient (Wildman–Crippen LogP) is 3.75. The van der Waals surface area contributed by atoms with Crippen molar-refractivity contribution in [2.75, 3.05) is 0 Å². The molecule has 1 heteroatoms. The third-order valence-corrected chi connectivity index (χ3v) is 1.96. The molecule has 0 aliphatic rings. The number of allylic oxidation sites excluding steroid dienone is 1. The summed E-state index contributed by atoms with van der Waals surface area (Å²) < 4.78 is 1.03. The van der Waals surface area contributed by atoms with Crippen molar-refractivity contribution in [3.8, 4) is 0 Å². The summed E-state index contributed by atoms with van der Waals surface area (Å²) in [6.45, 7) is 8.06. The summed E-state index contributed by atoms with van der Waals surface area (Å²) >= 11 is 3.37. The van der Waals surface area contributed by atoms with Crippen LogP contribution in [-0.2, 0) is 6.42 Å². The molecule has 12 heavy (non-hydrogen) atoms. The Morgan fingerprint density at radius 2 is 1.75 bits per heavy atom. The summed E-state index contributed by atoms with van der Waals surface area (Å²) in [7, 11) is 0. The number of rotatable bonds is 2. The fraction of sp³-hybridized carbons (Fsp3) is 0.273. The molecule has 0 N–H and O–H groups in total. The molecule has 0 bridgehead atoms. The van der Waals surface area contributed by atoms with Crippen LogP contribution >= 0.6 is 15.9 Å². The van der Waals surface area contributed by atoms with Gasteiger partial charge in [0, 0.05) is 6.42 Å². The first-order valence-electron chi connectivity index (χ1n) is 3.98. The molecule has 1 rings (SSSR count). The van der Waals surface area contributed by atoms with Crippen LogP contribution in [0.25, 0.3) is 0 Å². The van der Waals surface area contributed by atoms with Gasteiger partial charge >= 0.3 is 0 Å². The topological polar surface area (TPSA) is 0 Å². The smallest absolute Gasteiger partial charge is 0.00349 e. The van der Waals surface area contributed by atoms with Crippen LogP contribution in [-0.4, -0.2) is 0 Å². The van der Waals surface area contributed by atoms with E-state index < -0.39 is 0 Å². The zero-order chi connectivity index (χ0) is 9.14. The minimum Gasteiger partial charge on any atom is -0.0885 e. The molecule has 64 valence electrons. The lowest BCUT2D eigenvalue weighted by atomic mass is 10.1. The maximum absolute atomic E-state index is 3.83. The number of hydrogen-bond acceptors (Lipinski definition) is 0. The molecule has 0 amide bonds. The molecule has 0 heterocycles. The Kier molecular flexibility index (Phi) is 3.10. The third kappa shape index (κ3) is 2.82. The van der Waals surface area contributed by atoms with E-state index in [1.165, 1.54) is 16.7 Å². The molecule has 0 aliphatic heterocycles. The number of halogens is 1. The van der Waals surface area contributed by atoms with Gasteiger partial charge in [-0.3, -0.25) is 0 Å². The molecule has 0 saturated carbocycles. The van der Waals surface area contributed by atoms with E-state index in [9.17, 15) is 0 Å². The summed E-state index contributed by atoms with van der Waals surface area (Å²) in [5.74, 6) is 0. The van der Waals surface area contributed by atoms with E-state index in [0.717, 1.165) is 10.9 Å².